The van der Waals surface area contributed by atoms with Gasteiger partial charge in [0.1, 0.15) is 5.82 Å². The van der Waals surface area contributed by atoms with Crippen LogP contribution in [-0.4, -0.2) is 13.9 Å². The van der Waals surface area contributed by atoms with Crippen molar-refractivity contribution in [1.82, 2.24) is 9.97 Å². The number of halogens is 1. The second kappa shape index (κ2) is 3.59. The van der Waals surface area contributed by atoms with Crippen molar-refractivity contribution in [3.05, 3.63) is 17.2 Å². The monoisotopic (exact) mass is 290 g/mol. The summed E-state index contributed by atoms with van der Waals surface area (Å²) < 4.78 is 0.818. The molecule has 72 valence electrons. The first-order valence-corrected chi connectivity index (χ1v) is 6.22. The number of aromatic nitrogens is 2. The van der Waals surface area contributed by atoms with Crippen LogP contribution in [0.4, 0.5) is 0 Å². The second-order valence-electron chi connectivity index (χ2n) is 3.61. The van der Waals surface area contributed by atoms with E-state index in [1.54, 1.807) is 0 Å². The quantitative estimate of drug-likeness (QED) is 0.673. The van der Waals surface area contributed by atoms with Gasteiger partial charge in [-0.15, -0.1) is 0 Å². The molecule has 1 unspecified atom stereocenters. The SMILES string of the molecule is CCc1nc([C@@H]2CC2I)[nH]c1CC. The normalized spacial score (nSPS) is 26.4. The summed E-state index contributed by atoms with van der Waals surface area (Å²) in [7, 11) is 0. The van der Waals surface area contributed by atoms with Crippen molar-refractivity contribution in [2.24, 2.45) is 0 Å². The van der Waals surface area contributed by atoms with Gasteiger partial charge in [-0.3, -0.25) is 0 Å². The summed E-state index contributed by atoms with van der Waals surface area (Å²) in [6.45, 7) is 4.36. The summed E-state index contributed by atoms with van der Waals surface area (Å²) in [6.07, 6.45) is 3.44. The van der Waals surface area contributed by atoms with E-state index in [0.29, 0.717) is 5.92 Å². The Balaban J connectivity index is 2.23. The van der Waals surface area contributed by atoms with Crippen LogP contribution in [0, 0.1) is 0 Å². The van der Waals surface area contributed by atoms with E-state index >= 15 is 0 Å². The van der Waals surface area contributed by atoms with Crippen molar-refractivity contribution in [1.29, 1.82) is 0 Å². The molecule has 1 aliphatic carbocycles. The molecule has 1 N–H and O–H groups in total. The number of H-pyrrole nitrogens is 1. The summed E-state index contributed by atoms with van der Waals surface area (Å²) in [6, 6.07) is 0. The zero-order valence-corrected chi connectivity index (χ0v) is 10.3. The topological polar surface area (TPSA) is 28.7 Å². The Kier molecular flexibility index (Phi) is 2.62. The number of hydrogen-bond donors (Lipinski definition) is 1. The highest BCUT2D eigenvalue weighted by Gasteiger charge is 2.38. The lowest BCUT2D eigenvalue weighted by Gasteiger charge is -1.92. The molecule has 1 heterocycles. The van der Waals surface area contributed by atoms with E-state index in [-0.39, 0.29) is 0 Å². The summed E-state index contributed by atoms with van der Waals surface area (Å²) in [4.78, 5) is 8.11. The van der Waals surface area contributed by atoms with Crippen LogP contribution in [-0.2, 0) is 12.8 Å². The molecule has 0 radical (unpaired) electrons. The maximum Gasteiger partial charge on any atom is 0.110 e. The average Bonchev–Trinajstić information content (AvgIpc) is 2.73. The molecule has 2 atom stereocenters. The molecule has 0 bridgehead atoms. The predicted molar refractivity (Wildman–Crippen MR) is 62.5 cm³/mol. The van der Waals surface area contributed by atoms with E-state index in [2.05, 4.69) is 46.4 Å². The molecule has 1 fully saturated rings. The van der Waals surface area contributed by atoms with Crippen molar-refractivity contribution in [2.45, 2.75) is 43.0 Å². The fourth-order valence-corrected chi connectivity index (χ4v) is 2.56. The van der Waals surface area contributed by atoms with Crippen molar-refractivity contribution in [3.8, 4) is 0 Å². The van der Waals surface area contributed by atoms with Gasteiger partial charge in [0.2, 0.25) is 0 Å². The minimum Gasteiger partial charge on any atom is -0.345 e. The van der Waals surface area contributed by atoms with Crippen LogP contribution in [0.15, 0.2) is 0 Å². The Labute approximate surface area is 92.7 Å². The third-order valence-electron chi connectivity index (χ3n) is 2.63. The summed E-state index contributed by atoms with van der Waals surface area (Å²) in [5.74, 6) is 1.94. The summed E-state index contributed by atoms with van der Waals surface area (Å²) in [5, 5.41) is 0. The van der Waals surface area contributed by atoms with Crippen LogP contribution >= 0.6 is 22.6 Å². The van der Waals surface area contributed by atoms with Gasteiger partial charge in [0.25, 0.3) is 0 Å². The van der Waals surface area contributed by atoms with E-state index < -0.39 is 0 Å². The van der Waals surface area contributed by atoms with Crippen LogP contribution in [0.5, 0.6) is 0 Å². The highest BCUT2D eigenvalue weighted by atomic mass is 127. The van der Waals surface area contributed by atoms with Crippen LogP contribution in [0.1, 0.15) is 43.4 Å². The lowest BCUT2D eigenvalue weighted by molar-refractivity contribution is 0.954. The smallest absolute Gasteiger partial charge is 0.110 e. The number of nitrogens with one attached hydrogen (secondary N) is 1. The number of imidazole rings is 1. The van der Waals surface area contributed by atoms with E-state index in [1.807, 2.05) is 0 Å². The molecule has 2 nitrogen and oxygen atoms in total. The molecule has 1 aromatic rings. The van der Waals surface area contributed by atoms with Gasteiger partial charge in [0, 0.05) is 15.5 Å². The number of aryl methyl sites for hydroxylation is 2. The average molecular weight is 290 g/mol. The number of rotatable bonds is 3. The second-order valence-corrected chi connectivity index (χ2v) is 5.21. The Hall–Kier alpha value is -0.0600. The lowest BCUT2D eigenvalue weighted by Crippen LogP contribution is -1.87. The third kappa shape index (κ3) is 1.75. The Bertz CT molecular complexity index is 284. The van der Waals surface area contributed by atoms with Gasteiger partial charge in [-0.2, -0.15) is 0 Å². The molecular formula is C10H15IN2. The van der Waals surface area contributed by atoms with Gasteiger partial charge in [-0.05, 0) is 19.3 Å². The van der Waals surface area contributed by atoms with E-state index in [0.717, 1.165) is 16.8 Å². The Morgan fingerprint density at radius 1 is 1.46 bits per heavy atom. The standard InChI is InChI=1S/C10H15IN2/c1-3-8-9(4-2)13-10(12-8)6-5-7(6)11/h6-7H,3-5H2,1-2H3,(H,12,13)/t6-,7?/m1/s1. The third-order valence-corrected chi connectivity index (χ3v) is 4.01. The first-order valence-electron chi connectivity index (χ1n) is 4.98. The number of alkyl halides is 1. The maximum absolute atomic E-state index is 4.65. The minimum absolute atomic E-state index is 0.714. The molecule has 13 heavy (non-hydrogen) atoms. The van der Waals surface area contributed by atoms with Gasteiger partial charge in [-0.25, -0.2) is 4.98 Å². The molecule has 2 rings (SSSR count). The first-order chi connectivity index (χ1) is 6.26. The van der Waals surface area contributed by atoms with Gasteiger partial charge >= 0.3 is 0 Å². The Morgan fingerprint density at radius 2 is 2.15 bits per heavy atom. The molecule has 1 aliphatic rings. The fourth-order valence-electron chi connectivity index (χ4n) is 1.68. The molecule has 0 amide bonds. The molecule has 1 aromatic heterocycles. The van der Waals surface area contributed by atoms with Gasteiger partial charge in [-0.1, -0.05) is 36.4 Å². The van der Waals surface area contributed by atoms with Crippen molar-refractivity contribution >= 4 is 22.6 Å². The van der Waals surface area contributed by atoms with Crippen LogP contribution < -0.4 is 0 Å². The molecular weight excluding hydrogens is 275 g/mol. The molecule has 0 spiro atoms. The largest absolute Gasteiger partial charge is 0.345 e. The fraction of sp³-hybridized carbons (Fsp3) is 0.700. The van der Waals surface area contributed by atoms with Gasteiger partial charge in [0.05, 0.1) is 5.69 Å². The van der Waals surface area contributed by atoms with Crippen LogP contribution in [0.3, 0.4) is 0 Å². The van der Waals surface area contributed by atoms with E-state index in [9.17, 15) is 0 Å². The van der Waals surface area contributed by atoms with Crippen molar-refractivity contribution in [3.63, 3.8) is 0 Å². The van der Waals surface area contributed by atoms with E-state index in [4.69, 9.17) is 0 Å². The zero-order chi connectivity index (χ0) is 9.42. The number of aromatic amines is 1. The lowest BCUT2D eigenvalue weighted by atomic mass is 10.2. The molecule has 0 aromatic carbocycles. The van der Waals surface area contributed by atoms with Crippen LogP contribution in [0.2, 0.25) is 0 Å². The van der Waals surface area contributed by atoms with Crippen LogP contribution in [0.25, 0.3) is 0 Å². The molecule has 1 saturated carbocycles. The highest BCUT2D eigenvalue weighted by molar-refractivity contribution is 14.1. The zero-order valence-electron chi connectivity index (χ0n) is 8.10. The summed E-state index contributed by atoms with van der Waals surface area (Å²) in [5.41, 5.74) is 2.61. The molecule has 0 saturated heterocycles. The maximum atomic E-state index is 4.65. The Morgan fingerprint density at radius 3 is 2.54 bits per heavy atom. The van der Waals surface area contributed by atoms with Crippen molar-refractivity contribution < 1.29 is 0 Å². The minimum atomic E-state index is 0.714. The van der Waals surface area contributed by atoms with E-state index in [1.165, 1.54) is 23.6 Å². The van der Waals surface area contributed by atoms with Gasteiger partial charge < -0.3 is 4.98 Å². The first kappa shape index (κ1) is 9.49. The van der Waals surface area contributed by atoms with Crippen molar-refractivity contribution in [2.75, 3.05) is 0 Å². The van der Waals surface area contributed by atoms with Gasteiger partial charge in [0.15, 0.2) is 0 Å². The number of nitrogens with zero attached hydrogens (tertiary/aromatic N) is 1. The highest BCUT2D eigenvalue weighted by Crippen LogP contribution is 2.45. The number of hydrogen-bond acceptors (Lipinski definition) is 1. The molecule has 3 heteroatoms. The predicted octanol–water partition coefficient (Wildman–Crippen LogP) is 2.83. The summed E-state index contributed by atoms with van der Waals surface area (Å²) >= 11 is 2.51. The molecule has 0 aliphatic heterocycles.